The molecule has 0 saturated carbocycles. The Bertz CT molecular complexity index is 1180. The molecule has 1 fully saturated rings. The van der Waals surface area contributed by atoms with Gasteiger partial charge in [0.1, 0.15) is 5.75 Å². The largest absolute Gasteiger partial charge is 0.476 e. The number of aromatic nitrogens is 4. The predicted molar refractivity (Wildman–Crippen MR) is 124 cm³/mol. The summed E-state index contributed by atoms with van der Waals surface area (Å²) in [6.45, 7) is 2.38. The first-order valence-electron chi connectivity index (χ1n) is 10.9. The van der Waals surface area contributed by atoms with Crippen molar-refractivity contribution in [1.29, 1.82) is 0 Å². The highest BCUT2D eigenvalue weighted by atomic mass is 16.5. The molecule has 33 heavy (non-hydrogen) atoms. The van der Waals surface area contributed by atoms with Crippen molar-refractivity contribution in [2.45, 2.75) is 6.10 Å². The van der Waals surface area contributed by atoms with Crippen molar-refractivity contribution >= 4 is 11.9 Å². The van der Waals surface area contributed by atoms with Crippen LogP contribution < -0.4 is 9.64 Å². The molecule has 4 aromatic rings. The quantitative estimate of drug-likeness (QED) is 0.459. The smallest absolute Gasteiger partial charge is 0.268 e. The van der Waals surface area contributed by atoms with Crippen molar-refractivity contribution in [2.75, 3.05) is 31.1 Å². The van der Waals surface area contributed by atoms with Gasteiger partial charge in [-0.05, 0) is 34.7 Å². The maximum Gasteiger partial charge on any atom is 0.268 e. The van der Waals surface area contributed by atoms with Gasteiger partial charge in [-0.3, -0.25) is 4.79 Å². The molecular formula is C25H24N6O2. The summed E-state index contributed by atoms with van der Waals surface area (Å²) < 4.78 is 7.88. The molecule has 166 valence electrons. The number of anilines is 1. The molecule has 1 aliphatic heterocycles. The first-order chi connectivity index (χ1) is 16.3. The molecule has 0 bridgehead atoms. The van der Waals surface area contributed by atoms with Crippen LogP contribution in [-0.2, 0) is 4.79 Å². The van der Waals surface area contributed by atoms with Gasteiger partial charge < -0.3 is 14.5 Å². The first-order valence-corrected chi connectivity index (χ1v) is 10.9. The van der Waals surface area contributed by atoms with Crippen molar-refractivity contribution < 1.29 is 9.53 Å². The van der Waals surface area contributed by atoms with Gasteiger partial charge in [0.2, 0.25) is 12.1 Å². The van der Waals surface area contributed by atoms with E-state index in [-0.39, 0.29) is 5.91 Å². The minimum Gasteiger partial charge on any atom is -0.476 e. The summed E-state index contributed by atoms with van der Waals surface area (Å²) in [5, 5.41) is 12.2. The van der Waals surface area contributed by atoms with Gasteiger partial charge in [-0.15, -0.1) is 0 Å². The summed E-state index contributed by atoms with van der Waals surface area (Å²) >= 11 is 0. The van der Waals surface area contributed by atoms with Gasteiger partial charge in [-0.2, -0.15) is 4.68 Å². The number of carbonyl (C=O) groups excluding carboxylic acids is 1. The molecule has 1 aromatic heterocycles. The van der Waals surface area contributed by atoms with Crippen LogP contribution in [0.15, 0.2) is 91.0 Å². The van der Waals surface area contributed by atoms with Crippen LogP contribution in [0.25, 0.3) is 5.69 Å². The Morgan fingerprint density at radius 1 is 0.788 bits per heavy atom. The number of nitrogens with zero attached hydrogens (tertiary/aromatic N) is 6. The molecule has 3 aromatic carbocycles. The van der Waals surface area contributed by atoms with E-state index < -0.39 is 6.10 Å². The summed E-state index contributed by atoms with van der Waals surface area (Å²) in [6, 6.07) is 28.9. The number of hydrogen-bond donors (Lipinski definition) is 0. The van der Waals surface area contributed by atoms with E-state index in [0.717, 1.165) is 11.3 Å². The Morgan fingerprint density at radius 2 is 1.39 bits per heavy atom. The lowest BCUT2D eigenvalue weighted by Gasteiger charge is -2.36. The van der Waals surface area contributed by atoms with E-state index in [2.05, 4.69) is 20.4 Å². The maximum absolute atomic E-state index is 13.5. The van der Waals surface area contributed by atoms with E-state index in [1.54, 1.807) is 4.68 Å². The summed E-state index contributed by atoms with van der Waals surface area (Å²) in [4.78, 5) is 17.5. The topological polar surface area (TPSA) is 76.4 Å². The Hall–Kier alpha value is -4.20. The van der Waals surface area contributed by atoms with Gasteiger partial charge in [0.15, 0.2) is 0 Å². The molecule has 0 aliphatic carbocycles. The fraction of sp³-hybridized carbons (Fsp3) is 0.200. The number of hydrogen-bond acceptors (Lipinski definition) is 6. The number of amides is 1. The molecule has 1 unspecified atom stereocenters. The third kappa shape index (κ3) is 4.55. The molecule has 0 spiro atoms. The standard InChI is InChI=1S/C25H24N6O2/c32-24(23(20-10-4-1-5-11-20)33-22-14-8-3-9-15-22)29-16-18-30(19-17-29)25-26-27-28-31(25)21-12-6-2-7-13-21/h1-15,23H,16-19H2. The van der Waals surface area contributed by atoms with E-state index in [4.69, 9.17) is 4.74 Å². The second-order valence-electron chi connectivity index (χ2n) is 7.76. The van der Waals surface area contributed by atoms with Crippen LogP contribution in [-0.4, -0.2) is 57.2 Å². The van der Waals surface area contributed by atoms with Crippen LogP contribution in [0.1, 0.15) is 11.7 Å². The number of carbonyl (C=O) groups is 1. The van der Waals surface area contributed by atoms with E-state index in [1.165, 1.54) is 0 Å². The normalized spacial score (nSPS) is 14.7. The second kappa shape index (κ2) is 9.52. The Morgan fingerprint density at radius 3 is 2.06 bits per heavy atom. The van der Waals surface area contributed by atoms with Crippen LogP contribution in [0, 0.1) is 0 Å². The highest BCUT2D eigenvalue weighted by Gasteiger charge is 2.31. The molecule has 1 aliphatic rings. The van der Waals surface area contributed by atoms with Crippen molar-refractivity contribution in [2.24, 2.45) is 0 Å². The average molecular weight is 441 g/mol. The first kappa shape index (κ1) is 20.7. The van der Waals surface area contributed by atoms with Gasteiger partial charge in [-0.25, -0.2) is 0 Å². The van der Waals surface area contributed by atoms with E-state index in [9.17, 15) is 4.79 Å². The third-order valence-electron chi connectivity index (χ3n) is 5.65. The predicted octanol–water partition coefficient (Wildman–Crippen LogP) is 3.13. The third-order valence-corrected chi connectivity index (χ3v) is 5.65. The Balaban J connectivity index is 1.31. The second-order valence-corrected chi connectivity index (χ2v) is 7.76. The highest BCUT2D eigenvalue weighted by molar-refractivity contribution is 5.83. The number of ether oxygens (including phenoxy) is 1. The van der Waals surface area contributed by atoms with Crippen molar-refractivity contribution in [3.8, 4) is 11.4 Å². The summed E-state index contributed by atoms with van der Waals surface area (Å²) in [6.07, 6.45) is -0.699. The maximum atomic E-state index is 13.5. The molecule has 1 saturated heterocycles. The molecule has 1 amide bonds. The zero-order valence-corrected chi connectivity index (χ0v) is 18.1. The van der Waals surface area contributed by atoms with Crippen LogP contribution in [0.5, 0.6) is 5.75 Å². The fourth-order valence-corrected chi connectivity index (χ4v) is 3.93. The number of para-hydroxylation sites is 2. The monoisotopic (exact) mass is 440 g/mol. The molecule has 8 nitrogen and oxygen atoms in total. The van der Waals surface area contributed by atoms with Gasteiger partial charge in [-0.1, -0.05) is 71.8 Å². The SMILES string of the molecule is O=C(C(Oc1ccccc1)c1ccccc1)N1CCN(c2nnnn2-c2ccccc2)CC1. The lowest BCUT2D eigenvalue weighted by molar-refractivity contribution is -0.139. The molecule has 5 rings (SSSR count). The molecule has 2 heterocycles. The van der Waals surface area contributed by atoms with Crippen molar-refractivity contribution in [1.82, 2.24) is 25.1 Å². The number of benzene rings is 3. The van der Waals surface area contributed by atoms with Crippen molar-refractivity contribution in [3.63, 3.8) is 0 Å². The molecular weight excluding hydrogens is 416 g/mol. The van der Waals surface area contributed by atoms with Gasteiger partial charge in [0.25, 0.3) is 5.91 Å². The Labute approximate surface area is 192 Å². The summed E-state index contributed by atoms with van der Waals surface area (Å²) in [7, 11) is 0. The zero-order valence-electron chi connectivity index (χ0n) is 18.1. The molecule has 1 atom stereocenters. The van der Waals surface area contributed by atoms with Gasteiger partial charge in [0, 0.05) is 31.7 Å². The van der Waals surface area contributed by atoms with Crippen LogP contribution in [0.3, 0.4) is 0 Å². The highest BCUT2D eigenvalue weighted by Crippen LogP contribution is 2.25. The van der Waals surface area contributed by atoms with Crippen LogP contribution >= 0.6 is 0 Å². The molecule has 0 N–H and O–H groups in total. The average Bonchev–Trinajstić information content (AvgIpc) is 3.39. The van der Waals surface area contributed by atoms with Crippen LogP contribution in [0.2, 0.25) is 0 Å². The zero-order chi connectivity index (χ0) is 22.5. The molecule has 8 heteroatoms. The van der Waals surface area contributed by atoms with E-state index in [0.29, 0.717) is 37.9 Å². The van der Waals surface area contributed by atoms with Crippen molar-refractivity contribution in [3.05, 3.63) is 96.6 Å². The molecule has 0 radical (unpaired) electrons. The minimum absolute atomic E-state index is 0.0487. The minimum atomic E-state index is -0.699. The summed E-state index contributed by atoms with van der Waals surface area (Å²) in [5.74, 6) is 1.29. The van der Waals surface area contributed by atoms with E-state index in [1.807, 2.05) is 95.9 Å². The summed E-state index contributed by atoms with van der Waals surface area (Å²) in [5.41, 5.74) is 1.73. The number of tetrazole rings is 1. The van der Waals surface area contributed by atoms with E-state index >= 15 is 0 Å². The lowest BCUT2D eigenvalue weighted by atomic mass is 10.1. The lowest BCUT2D eigenvalue weighted by Crippen LogP contribution is -2.51. The van der Waals surface area contributed by atoms with Gasteiger partial charge >= 0.3 is 0 Å². The number of rotatable bonds is 6. The Kier molecular flexibility index (Phi) is 5.97. The van der Waals surface area contributed by atoms with Crippen LogP contribution in [0.4, 0.5) is 5.95 Å². The van der Waals surface area contributed by atoms with Gasteiger partial charge in [0.05, 0.1) is 5.69 Å². The number of piperazine rings is 1. The fourth-order valence-electron chi connectivity index (χ4n) is 3.93.